The summed E-state index contributed by atoms with van der Waals surface area (Å²) in [6, 6.07) is 0. The third kappa shape index (κ3) is 4.47. The molecule has 3 nitrogen and oxygen atoms in total. The third-order valence-corrected chi connectivity index (χ3v) is 2.91. The molecule has 1 N–H and O–H groups in total. The fourth-order valence-corrected chi connectivity index (χ4v) is 1.39. The first-order valence-corrected chi connectivity index (χ1v) is 5.72. The van der Waals surface area contributed by atoms with Gasteiger partial charge in [-0.2, -0.15) is 5.10 Å². The molecule has 0 fully saturated rings. The lowest BCUT2D eigenvalue weighted by Gasteiger charge is -2.22. The summed E-state index contributed by atoms with van der Waals surface area (Å²) < 4.78 is 1.85. The van der Waals surface area contributed by atoms with E-state index in [2.05, 4.69) is 37.4 Å². The lowest BCUT2D eigenvalue weighted by Crippen LogP contribution is -2.30. The highest BCUT2D eigenvalue weighted by Crippen LogP contribution is 2.17. The molecule has 0 amide bonds. The average Bonchev–Trinajstić information content (AvgIpc) is 2.59. The van der Waals surface area contributed by atoms with E-state index in [0.29, 0.717) is 5.41 Å². The minimum absolute atomic E-state index is 0.412. The molecule has 0 aliphatic carbocycles. The van der Waals surface area contributed by atoms with E-state index in [0.717, 1.165) is 19.5 Å². The molecule has 0 saturated carbocycles. The summed E-state index contributed by atoms with van der Waals surface area (Å²) in [4.78, 5) is 0. The monoisotopic (exact) mass is 209 g/mol. The van der Waals surface area contributed by atoms with Crippen molar-refractivity contribution in [2.75, 3.05) is 13.1 Å². The molecule has 1 heterocycles. The van der Waals surface area contributed by atoms with Crippen LogP contribution in [0.15, 0.2) is 12.4 Å². The van der Waals surface area contributed by atoms with Crippen LogP contribution >= 0.6 is 0 Å². The van der Waals surface area contributed by atoms with Crippen molar-refractivity contribution >= 4 is 0 Å². The molecule has 0 saturated heterocycles. The van der Waals surface area contributed by atoms with E-state index in [1.54, 1.807) is 0 Å². The lowest BCUT2D eigenvalue weighted by atomic mass is 9.90. The fourth-order valence-electron chi connectivity index (χ4n) is 1.39. The van der Waals surface area contributed by atoms with Crippen LogP contribution in [0, 0.1) is 5.41 Å². The standard InChI is InChI=1S/C12H23N3/c1-5-12(2,3)10-13-7-6-11-8-14-15(4)9-11/h8-9,13H,5-7,10H2,1-4H3. The predicted molar refractivity (Wildman–Crippen MR) is 63.9 cm³/mol. The van der Waals surface area contributed by atoms with E-state index < -0.39 is 0 Å². The first-order valence-electron chi connectivity index (χ1n) is 5.72. The Morgan fingerprint density at radius 1 is 1.47 bits per heavy atom. The van der Waals surface area contributed by atoms with Gasteiger partial charge in [0, 0.05) is 19.8 Å². The maximum atomic E-state index is 4.15. The minimum Gasteiger partial charge on any atom is -0.316 e. The first kappa shape index (κ1) is 12.2. The summed E-state index contributed by atoms with van der Waals surface area (Å²) in [6.45, 7) is 8.95. The highest BCUT2D eigenvalue weighted by Gasteiger charge is 2.13. The third-order valence-electron chi connectivity index (χ3n) is 2.91. The van der Waals surface area contributed by atoms with Crippen LogP contribution in [-0.2, 0) is 13.5 Å². The molecule has 0 aliphatic heterocycles. The van der Waals surface area contributed by atoms with Crippen molar-refractivity contribution in [3.8, 4) is 0 Å². The Bertz CT molecular complexity index is 289. The van der Waals surface area contributed by atoms with Crippen LogP contribution in [0.5, 0.6) is 0 Å². The summed E-state index contributed by atoms with van der Waals surface area (Å²) in [5.41, 5.74) is 1.72. The fraction of sp³-hybridized carbons (Fsp3) is 0.750. The Morgan fingerprint density at radius 3 is 2.73 bits per heavy atom. The summed E-state index contributed by atoms with van der Waals surface area (Å²) in [5.74, 6) is 0. The van der Waals surface area contributed by atoms with Crippen LogP contribution in [0.1, 0.15) is 32.8 Å². The van der Waals surface area contributed by atoms with Crippen molar-refractivity contribution in [1.82, 2.24) is 15.1 Å². The predicted octanol–water partition coefficient (Wildman–Crippen LogP) is 1.99. The number of aromatic nitrogens is 2. The van der Waals surface area contributed by atoms with E-state index in [1.807, 2.05) is 17.9 Å². The Balaban J connectivity index is 2.17. The van der Waals surface area contributed by atoms with Gasteiger partial charge >= 0.3 is 0 Å². The quantitative estimate of drug-likeness (QED) is 0.726. The molecule has 86 valence electrons. The summed E-state index contributed by atoms with van der Waals surface area (Å²) in [6.07, 6.45) is 6.29. The van der Waals surface area contributed by atoms with E-state index in [1.165, 1.54) is 12.0 Å². The van der Waals surface area contributed by atoms with Crippen molar-refractivity contribution in [2.24, 2.45) is 12.5 Å². The Morgan fingerprint density at radius 2 is 2.20 bits per heavy atom. The van der Waals surface area contributed by atoms with Crippen LogP contribution in [0.2, 0.25) is 0 Å². The van der Waals surface area contributed by atoms with E-state index in [4.69, 9.17) is 0 Å². The molecule has 0 atom stereocenters. The minimum atomic E-state index is 0.412. The van der Waals surface area contributed by atoms with Crippen molar-refractivity contribution in [2.45, 2.75) is 33.6 Å². The maximum absolute atomic E-state index is 4.15. The highest BCUT2D eigenvalue weighted by molar-refractivity contribution is 5.03. The number of aryl methyl sites for hydroxylation is 1. The van der Waals surface area contributed by atoms with E-state index >= 15 is 0 Å². The first-order chi connectivity index (χ1) is 7.03. The smallest absolute Gasteiger partial charge is 0.0522 e. The Kier molecular flexibility index (Phi) is 4.33. The number of hydrogen-bond acceptors (Lipinski definition) is 2. The molecule has 3 heteroatoms. The highest BCUT2D eigenvalue weighted by atomic mass is 15.2. The molecule has 0 radical (unpaired) electrons. The molecular formula is C12H23N3. The Hall–Kier alpha value is -0.830. The molecule has 1 aromatic heterocycles. The van der Waals surface area contributed by atoms with Crippen LogP contribution < -0.4 is 5.32 Å². The van der Waals surface area contributed by atoms with Gasteiger partial charge in [0.1, 0.15) is 0 Å². The second-order valence-corrected chi connectivity index (χ2v) is 4.97. The van der Waals surface area contributed by atoms with Gasteiger partial charge in [0.15, 0.2) is 0 Å². The van der Waals surface area contributed by atoms with E-state index in [-0.39, 0.29) is 0 Å². The molecule has 0 aromatic carbocycles. The molecular weight excluding hydrogens is 186 g/mol. The molecule has 0 bridgehead atoms. The van der Waals surface area contributed by atoms with Gasteiger partial charge in [-0.15, -0.1) is 0 Å². The SMILES string of the molecule is CCC(C)(C)CNCCc1cnn(C)c1. The zero-order valence-corrected chi connectivity index (χ0v) is 10.4. The van der Waals surface area contributed by atoms with Gasteiger partial charge in [-0.1, -0.05) is 20.8 Å². The van der Waals surface area contributed by atoms with Crippen molar-refractivity contribution in [3.63, 3.8) is 0 Å². The molecule has 0 aliphatic rings. The normalized spacial score (nSPS) is 12.0. The number of nitrogens with zero attached hydrogens (tertiary/aromatic N) is 2. The Labute approximate surface area is 92.9 Å². The number of hydrogen-bond donors (Lipinski definition) is 1. The van der Waals surface area contributed by atoms with Gasteiger partial charge in [0.25, 0.3) is 0 Å². The van der Waals surface area contributed by atoms with Gasteiger partial charge in [0.05, 0.1) is 6.20 Å². The topological polar surface area (TPSA) is 29.9 Å². The van der Waals surface area contributed by atoms with Gasteiger partial charge in [-0.3, -0.25) is 4.68 Å². The number of rotatable bonds is 6. The van der Waals surface area contributed by atoms with Crippen LogP contribution in [0.25, 0.3) is 0 Å². The second-order valence-electron chi connectivity index (χ2n) is 4.97. The van der Waals surface area contributed by atoms with Crippen LogP contribution in [0.4, 0.5) is 0 Å². The average molecular weight is 209 g/mol. The van der Waals surface area contributed by atoms with Crippen molar-refractivity contribution in [3.05, 3.63) is 18.0 Å². The summed E-state index contributed by atoms with van der Waals surface area (Å²) >= 11 is 0. The van der Waals surface area contributed by atoms with E-state index in [9.17, 15) is 0 Å². The largest absolute Gasteiger partial charge is 0.316 e. The zero-order chi connectivity index (χ0) is 11.3. The molecule has 0 spiro atoms. The summed E-state index contributed by atoms with van der Waals surface area (Å²) in [5, 5.41) is 7.65. The molecule has 15 heavy (non-hydrogen) atoms. The van der Waals surface area contributed by atoms with Gasteiger partial charge in [-0.05, 0) is 30.4 Å². The van der Waals surface area contributed by atoms with Gasteiger partial charge in [-0.25, -0.2) is 0 Å². The number of nitrogens with one attached hydrogen (secondary N) is 1. The molecule has 0 unspecified atom stereocenters. The van der Waals surface area contributed by atoms with Gasteiger partial charge in [0.2, 0.25) is 0 Å². The van der Waals surface area contributed by atoms with Crippen LogP contribution in [-0.4, -0.2) is 22.9 Å². The summed E-state index contributed by atoms with van der Waals surface area (Å²) in [7, 11) is 1.96. The molecule has 1 aromatic rings. The van der Waals surface area contributed by atoms with Crippen molar-refractivity contribution < 1.29 is 0 Å². The lowest BCUT2D eigenvalue weighted by molar-refractivity contribution is 0.329. The van der Waals surface area contributed by atoms with Crippen LogP contribution in [0.3, 0.4) is 0 Å². The molecule has 1 rings (SSSR count). The second kappa shape index (κ2) is 5.31. The van der Waals surface area contributed by atoms with Crippen molar-refractivity contribution in [1.29, 1.82) is 0 Å². The maximum Gasteiger partial charge on any atom is 0.0522 e. The zero-order valence-electron chi connectivity index (χ0n) is 10.4. The van der Waals surface area contributed by atoms with Gasteiger partial charge < -0.3 is 5.32 Å².